The van der Waals surface area contributed by atoms with Crippen LogP contribution >= 0.6 is 22.9 Å². The lowest BCUT2D eigenvalue weighted by atomic mass is 10.2. The van der Waals surface area contributed by atoms with Crippen LogP contribution in [-0.4, -0.2) is 105 Å². The Hall–Kier alpha value is -0.450. The molecule has 3 saturated heterocycles. The van der Waals surface area contributed by atoms with Gasteiger partial charge in [-0.05, 0) is 12.5 Å². The van der Waals surface area contributed by atoms with Crippen molar-refractivity contribution >= 4 is 28.6 Å². The van der Waals surface area contributed by atoms with Crippen LogP contribution in [0.2, 0.25) is 4.34 Å². The van der Waals surface area contributed by atoms with E-state index < -0.39 is 0 Å². The van der Waals surface area contributed by atoms with Gasteiger partial charge in [0.05, 0.1) is 43.2 Å². The summed E-state index contributed by atoms with van der Waals surface area (Å²) in [6.07, 6.45) is 1.20. The van der Waals surface area contributed by atoms with Gasteiger partial charge in [-0.1, -0.05) is 11.6 Å². The van der Waals surface area contributed by atoms with Gasteiger partial charge in [-0.15, -0.1) is 11.3 Å². The van der Waals surface area contributed by atoms with Crippen molar-refractivity contribution in [3.8, 4) is 0 Å². The zero-order valence-corrected chi connectivity index (χ0v) is 18.0. The van der Waals surface area contributed by atoms with Gasteiger partial charge in [0.25, 0.3) is 0 Å². The topological polar surface area (TPSA) is 34.7 Å². The average Bonchev–Trinajstić information content (AvgIpc) is 3.38. The van der Waals surface area contributed by atoms with Crippen molar-refractivity contribution in [2.45, 2.75) is 19.0 Å². The third-order valence-corrected chi connectivity index (χ3v) is 7.53. The Morgan fingerprint density at radius 3 is 2.57 bits per heavy atom. The summed E-state index contributed by atoms with van der Waals surface area (Å²) in [5, 5.41) is 4.85. The van der Waals surface area contributed by atoms with Crippen LogP contribution in [0.1, 0.15) is 11.3 Å². The first kappa shape index (κ1) is 19.5. The second-order valence-electron chi connectivity index (χ2n) is 8.11. The highest BCUT2D eigenvalue weighted by molar-refractivity contribution is 7.16. The minimum Gasteiger partial charge on any atom is -0.380 e. The molecule has 156 valence electrons. The smallest absolute Gasteiger partial charge is 0.0953 e. The summed E-state index contributed by atoms with van der Waals surface area (Å²) in [5.74, 6) is 0. The predicted octanol–water partition coefficient (Wildman–Crippen LogP) is 1.59. The number of fused-ring (bicyclic) bond motifs is 1. The molecule has 4 aliphatic heterocycles. The molecule has 0 amide bonds. The number of thiophene rings is 1. The molecule has 7 nitrogen and oxygen atoms in total. The third-order valence-electron chi connectivity index (χ3n) is 6.29. The van der Waals surface area contributed by atoms with E-state index in [2.05, 4.69) is 30.8 Å². The summed E-state index contributed by atoms with van der Waals surface area (Å²) in [4.78, 5) is 9.16. The summed E-state index contributed by atoms with van der Waals surface area (Å²) in [7, 11) is 0. The van der Waals surface area contributed by atoms with E-state index in [1.807, 2.05) is 0 Å². The fraction of sp³-hybridized carbons (Fsp3) is 0.789. The van der Waals surface area contributed by atoms with Crippen LogP contribution in [-0.2, 0) is 16.0 Å². The molecule has 9 heteroatoms. The zero-order valence-electron chi connectivity index (χ0n) is 16.4. The van der Waals surface area contributed by atoms with Crippen molar-refractivity contribution in [1.82, 2.24) is 19.7 Å². The third kappa shape index (κ3) is 4.20. The van der Waals surface area contributed by atoms with Crippen molar-refractivity contribution < 1.29 is 9.47 Å². The van der Waals surface area contributed by atoms with Crippen LogP contribution in [0.4, 0.5) is 5.69 Å². The van der Waals surface area contributed by atoms with Crippen LogP contribution in [0.3, 0.4) is 0 Å². The number of halogens is 1. The highest BCUT2D eigenvalue weighted by Crippen LogP contribution is 2.38. The Kier molecular flexibility index (Phi) is 6.08. The molecular formula is C19H30ClN5O2S. The van der Waals surface area contributed by atoms with E-state index in [4.69, 9.17) is 21.1 Å². The molecule has 0 aliphatic carbocycles. The second-order valence-corrected chi connectivity index (χ2v) is 9.88. The number of ether oxygens (including phenoxy) is 2. The van der Waals surface area contributed by atoms with E-state index in [1.165, 1.54) is 17.0 Å². The van der Waals surface area contributed by atoms with Crippen molar-refractivity contribution in [3.05, 3.63) is 15.3 Å². The summed E-state index contributed by atoms with van der Waals surface area (Å²) in [5.41, 5.74) is 1.29. The van der Waals surface area contributed by atoms with Crippen molar-refractivity contribution in [3.63, 3.8) is 0 Å². The molecule has 1 atom stereocenters. The van der Waals surface area contributed by atoms with E-state index in [0.29, 0.717) is 6.04 Å². The van der Waals surface area contributed by atoms with Gasteiger partial charge in [0.15, 0.2) is 0 Å². The highest BCUT2D eigenvalue weighted by atomic mass is 35.5. The molecule has 0 N–H and O–H groups in total. The Labute approximate surface area is 176 Å². The Morgan fingerprint density at radius 1 is 1.00 bits per heavy atom. The fourth-order valence-electron chi connectivity index (χ4n) is 4.73. The molecule has 1 aromatic heterocycles. The van der Waals surface area contributed by atoms with Gasteiger partial charge in [0.2, 0.25) is 0 Å². The first-order valence-corrected chi connectivity index (χ1v) is 11.6. The van der Waals surface area contributed by atoms with E-state index in [1.54, 1.807) is 11.3 Å². The lowest BCUT2D eigenvalue weighted by Crippen LogP contribution is -2.58. The SMILES string of the molecule is Clc1cc2c(s1)CN(CN1CCN(C3CCOC3)CC1)CN2N1CCOCC1. The number of morpholine rings is 1. The van der Waals surface area contributed by atoms with Crippen molar-refractivity contribution in [2.24, 2.45) is 0 Å². The molecule has 0 saturated carbocycles. The molecule has 1 unspecified atom stereocenters. The maximum absolute atomic E-state index is 6.38. The molecule has 4 aliphatic rings. The molecule has 1 aromatic rings. The minimum absolute atomic E-state index is 0.643. The molecule has 5 heterocycles. The van der Waals surface area contributed by atoms with Gasteiger partial charge in [-0.3, -0.25) is 19.7 Å². The fourth-order valence-corrected chi connectivity index (χ4v) is 6.04. The maximum atomic E-state index is 6.38. The number of nitrogens with zero attached hydrogens (tertiary/aromatic N) is 5. The average molecular weight is 428 g/mol. The van der Waals surface area contributed by atoms with Gasteiger partial charge >= 0.3 is 0 Å². The number of piperazine rings is 1. The van der Waals surface area contributed by atoms with Gasteiger partial charge in [0, 0.05) is 63.3 Å². The first-order chi connectivity index (χ1) is 13.8. The van der Waals surface area contributed by atoms with Crippen LogP contribution < -0.4 is 5.01 Å². The van der Waals surface area contributed by atoms with Gasteiger partial charge in [-0.2, -0.15) is 0 Å². The monoisotopic (exact) mass is 427 g/mol. The molecule has 0 spiro atoms. The summed E-state index contributed by atoms with van der Waals surface area (Å²) in [6.45, 7) is 12.9. The van der Waals surface area contributed by atoms with Gasteiger partial charge in [-0.25, -0.2) is 5.01 Å². The number of hydrogen-bond acceptors (Lipinski definition) is 8. The molecule has 5 rings (SSSR count). The van der Waals surface area contributed by atoms with E-state index in [9.17, 15) is 0 Å². The highest BCUT2D eigenvalue weighted by Gasteiger charge is 2.32. The standard InChI is InChI=1S/C19H30ClN5O2S/c20-19-11-17-18(28-19)12-22(15-25(17)24-6-9-26-10-7-24)14-21-2-4-23(5-3-21)16-1-8-27-13-16/h11,16H,1-10,12-15H2. The molecule has 0 radical (unpaired) electrons. The van der Waals surface area contributed by atoms with E-state index in [-0.39, 0.29) is 0 Å². The van der Waals surface area contributed by atoms with Crippen LogP contribution in [0.15, 0.2) is 6.07 Å². The minimum atomic E-state index is 0.643. The Balaban J connectivity index is 1.21. The van der Waals surface area contributed by atoms with Gasteiger partial charge in [0.1, 0.15) is 0 Å². The number of anilines is 1. The second kappa shape index (κ2) is 8.73. The Bertz CT molecular complexity index is 657. The lowest BCUT2D eigenvalue weighted by Gasteiger charge is -2.46. The quantitative estimate of drug-likeness (QED) is 0.721. The molecule has 3 fully saturated rings. The van der Waals surface area contributed by atoms with Crippen LogP contribution in [0, 0.1) is 0 Å². The molecular weight excluding hydrogens is 398 g/mol. The van der Waals surface area contributed by atoms with Crippen LogP contribution in [0.25, 0.3) is 0 Å². The normalized spacial score (nSPS) is 28.8. The summed E-state index contributed by atoms with van der Waals surface area (Å²) < 4.78 is 12.0. The van der Waals surface area contributed by atoms with Crippen molar-refractivity contribution in [2.75, 3.05) is 84.0 Å². The molecule has 28 heavy (non-hydrogen) atoms. The van der Waals surface area contributed by atoms with Gasteiger partial charge < -0.3 is 9.47 Å². The van der Waals surface area contributed by atoms with Crippen LogP contribution in [0.5, 0.6) is 0 Å². The predicted molar refractivity (Wildman–Crippen MR) is 112 cm³/mol. The number of hydrazine groups is 1. The Morgan fingerprint density at radius 2 is 1.82 bits per heavy atom. The summed E-state index contributed by atoms with van der Waals surface area (Å²) in [6, 6.07) is 2.78. The first-order valence-electron chi connectivity index (χ1n) is 10.4. The van der Waals surface area contributed by atoms with E-state index in [0.717, 1.165) is 89.9 Å². The largest absolute Gasteiger partial charge is 0.380 e. The lowest BCUT2D eigenvalue weighted by molar-refractivity contribution is 0.00892. The van der Waals surface area contributed by atoms with Crippen molar-refractivity contribution in [1.29, 1.82) is 0 Å². The number of rotatable bonds is 4. The zero-order chi connectivity index (χ0) is 18.9. The molecule has 0 aromatic carbocycles. The molecule has 0 bridgehead atoms. The van der Waals surface area contributed by atoms with E-state index >= 15 is 0 Å². The number of hydrogen-bond donors (Lipinski definition) is 0. The summed E-state index contributed by atoms with van der Waals surface area (Å²) >= 11 is 8.10. The maximum Gasteiger partial charge on any atom is 0.0953 e.